The van der Waals surface area contributed by atoms with Crippen molar-refractivity contribution in [3.8, 4) is 6.07 Å². The van der Waals surface area contributed by atoms with Crippen LogP contribution in [0.1, 0.15) is 39.1 Å². The lowest BCUT2D eigenvalue weighted by molar-refractivity contribution is 0.101. The van der Waals surface area contributed by atoms with Crippen molar-refractivity contribution in [2.45, 2.75) is 20.3 Å². The summed E-state index contributed by atoms with van der Waals surface area (Å²) in [6.07, 6.45) is 0.466. The predicted molar refractivity (Wildman–Crippen MR) is 88.0 cm³/mol. The van der Waals surface area contributed by atoms with E-state index in [1.165, 1.54) is 28.7 Å². The number of nitriles is 1. The van der Waals surface area contributed by atoms with E-state index >= 15 is 0 Å². The van der Waals surface area contributed by atoms with Crippen molar-refractivity contribution in [2.75, 3.05) is 0 Å². The molecule has 3 aromatic rings. The third-order valence-corrected chi connectivity index (χ3v) is 4.47. The van der Waals surface area contributed by atoms with E-state index in [0.29, 0.717) is 28.3 Å². The van der Waals surface area contributed by atoms with Crippen LogP contribution in [0.4, 0.5) is 0 Å². The van der Waals surface area contributed by atoms with Gasteiger partial charge in [-0.3, -0.25) is 9.59 Å². The Labute approximate surface area is 136 Å². The van der Waals surface area contributed by atoms with Crippen molar-refractivity contribution >= 4 is 22.1 Å². The number of hydrogen-bond acceptors (Lipinski definition) is 5. The number of aryl methyl sites for hydroxylation is 1. The van der Waals surface area contributed by atoms with Crippen LogP contribution in [0.2, 0.25) is 0 Å². The van der Waals surface area contributed by atoms with Crippen molar-refractivity contribution in [1.29, 1.82) is 5.26 Å². The number of ketones is 1. The van der Waals surface area contributed by atoms with Crippen LogP contribution in [-0.4, -0.2) is 15.2 Å². The second-order valence-corrected chi connectivity index (χ2v) is 6.44. The van der Waals surface area contributed by atoms with Gasteiger partial charge in [0.05, 0.1) is 17.3 Å². The van der Waals surface area contributed by atoms with Crippen LogP contribution >= 0.6 is 11.3 Å². The maximum Gasteiger partial charge on any atom is 0.259 e. The number of Topliss-reactive ketones (excluding diaryl/α,β-unsaturated/α-hetero) is 1. The van der Waals surface area contributed by atoms with Gasteiger partial charge in [0.25, 0.3) is 5.56 Å². The summed E-state index contributed by atoms with van der Waals surface area (Å²) in [7, 11) is 0. The van der Waals surface area contributed by atoms with Gasteiger partial charge in [-0.05, 0) is 24.6 Å². The van der Waals surface area contributed by atoms with Gasteiger partial charge in [-0.2, -0.15) is 5.26 Å². The van der Waals surface area contributed by atoms with Gasteiger partial charge >= 0.3 is 0 Å². The quantitative estimate of drug-likeness (QED) is 0.695. The second kappa shape index (κ2) is 5.78. The topological polar surface area (TPSA) is 75.2 Å². The van der Waals surface area contributed by atoms with Gasteiger partial charge in [0, 0.05) is 24.3 Å². The second-order valence-electron chi connectivity index (χ2n) is 5.26. The lowest BCUT2D eigenvalue weighted by Gasteiger charge is -2.03. The molecule has 0 saturated carbocycles. The molecule has 23 heavy (non-hydrogen) atoms. The molecule has 114 valence electrons. The maximum atomic E-state index is 12.4. The highest BCUT2D eigenvalue weighted by molar-refractivity contribution is 7.17. The first kappa shape index (κ1) is 15.1. The normalized spacial score (nSPS) is 10.7. The molecule has 0 aliphatic rings. The van der Waals surface area contributed by atoms with Gasteiger partial charge in [-0.1, -0.05) is 12.1 Å². The lowest BCUT2D eigenvalue weighted by atomic mass is 10.1. The van der Waals surface area contributed by atoms with Gasteiger partial charge in [-0.25, -0.2) is 9.38 Å². The zero-order chi connectivity index (χ0) is 16.6. The highest BCUT2D eigenvalue weighted by atomic mass is 32.1. The summed E-state index contributed by atoms with van der Waals surface area (Å²) in [5.74, 6) is -0.146. The molecule has 2 heterocycles. The largest absolute Gasteiger partial charge is 0.293 e. The Bertz CT molecular complexity index is 1020. The van der Waals surface area contributed by atoms with Crippen LogP contribution in [-0.2, 0) is 6.42 Å². The minimum Gasteiger partial charge on any atom is -0.293 e. The van der Waals surface area contributed by atoms with Crippen molar-refractivity contribution in [2.24, 2.45) is 0 Å². The van der Waals surface area contributed by atoms with Crippen LogP contribution in [0.5, 0.6) is 0 Å². The molecule has 0 aliphatic heterocycles. The average molecular weight is 323 g/mol. The average Bonchev–Trinajstić information content (AvgIpc) is 2.84. The Morgan fingerprint density at radius 2 is 2.17 bits per heavy atom. The minimum atomic E-state index is -0.254. The maximum absolute atomic E-state index is 12.4. The number of carbonyl (C=O) groups is 1. The fourth-order valence-corrected chi connectivity index (χ4v) is 3.62. The van der Waals surface area contributed by atoms with E-state index < -0.39 is 0 Å². The summed E-state index contributed by atoms with van der Waals surface area (Å²) < 4.78 is 1.37. The van der Waals surface area contributed by atoms with Crippen LogP contribution in [0, 0.1) is 18.3 Å². The Hall–Kier alpha value is -2.78. The number of aromatic nitrogens is 2. The number of nitrogens with zero attached hydrogens (tertiary/aromatic N) is 3. The third kappa shape index (κ3) is 2.79. The minimum absolute atomic E-state index is 0.146. The summed E-state index contributed by atoms with van der Waals surface area (Å²) in [5.41, 5.74) is 2.27. The fraction of sp³-hybridized carbons (Fsp3) is 0.176. The Morgan fingerprint density at radius 3 is 2.87 bits per heavy atom. The molecule has 0 atom stereocenters. The number of hydrogen-bond donors (Lipinski definition) is 0. The number of rotatable bonds is 3. The zero-order valence-electron chi connectivity index (χ0n) is 12.7. The third-order valence-electron chi connectivity index (χ3n) is 3.52. The van der Waals surface area contributed by atoms with Crippen LogP contribution < -0.4 is 5.56 Å². The predicted octanol–water partition coefficient (Wildman–Crippen LogP) is 2.73. The molecular formula is C17H13N3O2S. The molecule has 2 aromatic heterocycles. The molecule has 0 N–H and O–H groups in total. The Kier molecular flexibility index (Phi) is 3.80. The molecule has 1 aromatic carbocycles. The Morgan fingerprint density at radius 1 is 1.39 bits per heavy atom. The molecule has 0 spiro atoms. The monoisotopic (exact) mass is 323 g/mol. The Balaban J connectivity index is 2.09. The highest BCUT2D eigenvalue weighted by Gasteiger charge is 2.16. The summed E-state index contributed by atoms with van der Waals surface area (Å²) in [6.45, 7) is 3.26. The zero-order valence-corrected chi connectivity index (χ0v) is 13.5. The van der Waals surface area contributed by atoms with Crippen LogP contribution in [0.25, 0.3) is 4.96 Å². The van der Waals surface area contributed by atoms with Gasteiger partial charge in [-0.15, -0.1) is 11.3 Å². The van der Waals surface area contributed by atoms with Crippen molar-refractivity contribution < 1.29 is 4.79 Å². The fourth-order valence-electron chi connectivity index (χ4n) is 2.58. The summed E-state index contributed by atoms with van der Waals surface area (Å²) in [5, 5.41) is 8.95. The standard InChI is InChI=1S/C17H13N3O2S/c1-10(21)16-11(2)23-17-19-14(8-15(22)20(16)17)7-12-4-3-5-13(6-12)9-18/h3-6,8H,7H2,1-2H3. The molecule has 0 amide bonds. The van der Waals surface area contributed by atoms with E-state index in [4.69, 9.17) is 5.26 Å². The number of benzene rings is 1. The van der Waals surface area contributed by atoms with Gasteiger partial charge < -0.3 is 0 Å². The van der Waals surface area contributed by atoms with Gasteiger partial charge in [0.15, 0.2) is 10.7 Å². The lowest BCUT2D eigenvalue weighted by Crippen LogP contribution is -2.18. The number of thiazole rings is 1. The van der Waals surface area contributed by atoms with Crippen molar-refractivity contribution in [3.05, 3.63) is 68.1 Å². The van der Waals surface area contributed by atoms with E-state index in [1.807, 2.05) is 19.1 Å². The molecule has 0 radical (unpaired) electrons. The van der Waals surface area contributed by atoms with E-state index in [0.717, 1.165) is 10.4 Å². The number of fused-ring (bicyclic) bond motifs is 1. The molecular weight excluding hydrogens is 310 g/mol. The first-order valence-electron chi connectivity index (χ1n) is 7.01. The van der Waals surface area contributed by atoms with Gasteiger partial charge in [0.1, 0.15) is 5.69 Å². The van der Waals surface area contributed by atoms with E-state index in [-0.39, 0.29) is 11.3 Å². The van der Waals surface area contributed by atoms with Crippen molar-refractivity contribution in [3.63, 3.8) is 0 Å². The molecule has 0 unspecified atom stereocenters. The van der Waals surface area contributed by atoms with Crippen LogP contribution in [0.15, 0.2) is 35.1 Å². The highest BCUT2D eigenvalue weighted by Crippen LogP contribution is 2.20. The van der Waals surface area contributed by atoms with Crippen molar-refractivity contribution in [1.82, 2.24) is 9.38 Å². The molecule has 6 heteroatoms. The smallest absolute Gasteiger partial charge is 0.259 e. The number of carbonyl (C=O) groups excluding carboxylic acids is 1. The molecule has 0 fully saturated rings. The molecule has 5 nitrogen and oxygen atoms in total. The summed E-state index contributed by atoms with van der Waals surface area (Å²) >= 11 is 1.33. The van der Waals surface area contributed by atoms with Gasteiger partial charge in [0.2, 0.25) is 0 Å². The van der Waals surface area contributed by atoms with E-state index in [1.54, 1.807) is 12.1 Å². The molecule has 0 aliphatic carbocycles. The van der Waals surface area contributed by atoms with E-state index in [2.05, 4.69) is 11.1 Å². The SMILES string of the molecule is CC(=O)c1c(C)sc2nc(Cc3cccc(C#N)c3)cc(=O)n12. The first-order chi connectivity index (χ1) is 11.0. The molecule has 0 saturated heterocycles. The molecule has 0 bridgehead atoms. The first-order valence-corrected chi connectivity index (χ1v) is 7.83. The summed E-state index contributed by atoms with van der Waals surface area (Å²) in [6, 6.07) is 10.8. The summed E-state index contributed by atoms with van der Waals surface area (Å²) in [4.78, 5) is 29.9. The molecule has 3 rings (SSSR count). The van der Waals surface area contributed by atoms with Crippen LogP contribution in [0.3, 0.4) is 0 Å². The van der Waals surface area contributed by atoms with E-state index in [9.17, 15) is 9.59 Å².